The molecule has 3 fully saturated rings. The number of anilines is 1. The van der Waals surface area contributed by atoms with Gasteiger partial charge in [-0.05, 0) is 56.3 Å². The first-order valence-corrected chi connectivity index (χ1v) is 9.85. The smallest absolute Gasteiger partial charge is 0.227 e. The average Bonchev–Trinajstić information content (AvgIpc) is 3.24. The van der Waals surface area contributed by atoms with Crippen LogP contribution < -0.4 is 4.90 Å². The van der Waals surface area contributed by atoms with Gasteiger partial charge in [0.05, 0.1) is 0 Å². The largest absolute Gasteiger partial charge is 0.381 e. The topological polar surface area (TPSA) is 43.2 Å². The molecular weight excluding hydrogens is 300 g/mol. The van der Waals surface area contributed by atoms with Gasteiger partial charge in [0.2, 0.25) is 5.95 Å². The molecule has 134 valence electrons. The zero-order valence-corrected chi connectivity index (χ0v) is 15.5. The Bertz CT molecular complexity index is 572. The predicted octanol–water partition coefficient (Wildman–Crippen LogP) is 3.28. The van der Waals surface area contributed by atoms with Crippen LogP contribution in [0.4, 0.5) is 5.95 Å². The molecule has 1 aliphatic carbocycles. The maximum atomic E-state index is 5.62. The lowest BCUT2D eigenvalue weighted by Gasteiger charge is -2.39. The summed E-state index contributed by atoms with van der Waals surface area (Å²) in [5.41, 5.74) is 0.420. The second kappa shape index (κ2) is 6.32. The molecular formula is C19H32N4O. The fourth-order valence-corrected chi connectivity index (χ4v) is 4.62. The van der Waals surface area contributed by atoms with Gasteiger partial charge in [-0.2, -0.15) is 0 Å². The summed E-state index contributed by atoms with van der Waals surface area (Å²) in [6.07, 6.45) is 7.50. The predicted molar refractivity (Wildman–Crippen MR) is 95.2 cm³/mol. The molecule has 0 bridgehead atoms. The first kappa shape index (κ1) is 16.4. The third-order valence-corrected chi connectivity index (χ3v) is 6.47. The van der Waals surface area contributed by atoms with Gasteiger partial charge in [-0.15, -0.1) is 10.2 Å². The number of ether oxygens (including phenoxy) is 1. The molecule has 24 heavy (non-hydrogen) atoms. The van der Waals surface area contributed by atoms with E-state index in [4.69, 9.17) is 4.74 Å². The summed E-state index contributed by atoms with van der Waals surface area (Å²) in [7, 11) is 0. The van der Waals surface area contributed by atoms with Gasteiger partial charge in [-0.25, -0.2) is 0 Å². The SMILES string of the molecule is CC(C)Cn1c(CC2CC2)nnc1N1CCC2(CCOCC2)C1C. The van der Waals surface area contributed by atoms with E-state index >= 15 is 0 Å². The number of aromatic nitrogens is 3. The van der Waals surface area contributed by atoms with Gasteiger partial charge in [0.15, 0.2) is 0 Å². The first-order chi connectivity index (χ1) is 11.6. The van der Waals surface area contributed by atoms with Crippen molar-refractivity contribution in [3.05, 3.63) is 5.82 Å². The highest BCUT2D eigenvalue weighted by atomic mass is 16.5. The zero-order valence-electron chi connectivity index (χ0n) is 15.5. The summed E-state index contributed by atoms with van der Waals surface area (Å²) in [4.78, 5) is 2.54. The lowest BCUT2D eigenvalue weighted by molar-refractivity contribution is 0.0127. The molecule has 3 heterocycles. The third-order valence-electron chi connectivity index (χ3n) is 6.47. The summed E-state index contributed by atoms with van der Waals surface area (Å²) in [6, 6.07) is 0.533. The average molecular weight is 332 g/mol. The van der Waals surface area contributed by atoms with Crippen molar-refractivity contribution >= 4 is 5.95 Å². The molecule has 0 aromatic carbocycles. The second-order valence-electron chi connectivity index (χ2n) is 8.66. The number of rotatable bonds is 5. The van der Waals surface area contributed by atoms with Gasteiger partial charge in [0, 0.05) is 38.8 Å². The number of hydrogen-bond donors (Lipinski definition) is 0. The normalized spacial score (nSPS) is 26.7. The third kappa shape index (κ3) is 2.96. The van der Waals surface area contributed by atoms with E-state index in [-0.39, 0.29) is 0 Å². The van der Waals surface area contributed by atoms with Gasteiger partial charge < -0.3 is 9.64 Å². The molecule has 0 radical (unpaired) electrons. The van der Waals surface area contributed by atoms with E-state index in [1.54, 1.807) is 0 Å². The van der Waals surface area contributed by atoms with Crippen LogP contribution >= 0.6 is 0 Å². The summed E-state index contributed by atoms with van der Waals surface area (Å²) in [5.74, 6) is 3.80. The van der Waals surface area contributed by atoms with Crippen LogP contribution in [0.25, 0.3) is 0 Å². The Morgan fingerprint density at radius 3 is 2.58 bits per heavy atom. The Hall–Kier alpha value is -1.10. The minimum Gasteiger partial charge on any atom is -0.381 e. The molecule has 1 unspecified atom stereocenters. The van der Waals surface area contributed by atoms with Crippen molar-refractivity contribution in [1.29, 1.82) is 0 Å². The van der Waals surface area contributed by atoms with E-state index in [1.807, 2.05) is 0 Å². The van der Waals surface area contributed by atoms with Crippen LogP contribution in [0.1, 0.15) is 58.7 Å². The van der Waals surface area contributed by atoms with E-state index in [0.29, 0.717) is 17.4 Å². The van der Waals surface area contributed by atoms with Crippen LogP contribution in [-0.2, 0) is 17.7 Å². The fourth-order valence-electron chi connectivity index (χ4n) is 4.62. The lowest BCUT2D eigenvalue weighted by atomic mass is 9.74. The highest BCUT2D eigenvalue weighted by Crippen LogP contribution is 2.46. The van der Waals surface area contributed by atoms with Crippen molar-refractivity contribution in [2.75, 3.05) is 24.7 Å². The van der Waals surface area contributed by atoms with Crippen molar-refractivity contribution < 1.29 is 4.74 Å². The summed E-state index contributed by atoms with van der Waals surface area (Å²) >= 11 is 0. The van der Waals surface area contributed by atoms with E-state index < -0.39 is 0 Å². The van der Waals surface area contributed by atoms with Gasteiger partial charge in [-0.1, -0.05) is 13.8 Å². The fraction of sp³-hybridized carbons (Fsp3) is 0.895. The van der Waals surface area contributed by atoms with Gasteiger partial charge in [0.25, 0.3) is 0 Å². The molecule has 2 aliphatic heterocycles. The Morgan fingerprint density at radius 2 is 1.92 bits per heavy atom. The quantitative estimate of drug-likeness (QED) is 0.830. The van der Waals surface area contributed by atoms with Crippen molar-refractivity contribution in [2.45, 2.75) is 71.9 Å². The van der Waals surface area contributed by atoms with Crippen LogP contribution in [0.15, 0.2) is 0 Å². The standard InChI is InChI=1S/C19H32N4O/c1-14(2)13-23-17(12-16-4-5-16)20-21-18(23)22-9-6-19(15(22)3)7-10-24-11-8-19/h14-16H,4-13H2,1-3H3. The minimum atomic E-state index is 0.420. The zero-order chi connectivity index (χ0) is 16.7. The van der Waals surface area contributed by atoms with Gasteiger partial charge in [0.1, 0.15) is 5.82 Å². The van der Waals surface area contributed by atoms with E-state index in [1.165, 1.54) is 37.9 Å². The molecule has 1 saturated carbocycles. The summed E-state index contributed by atoms with van der Waals surface area (Å²) in [5, 5.41) is 9.28. The van der Waals surface area contributed by atoms with E-state index in [9.17, 15) is 0 Å². The Kier molecular flexibility index (Phi) is 4.31. The molecule has 4 rings (SSSR count). The number of nitrogens with zero attached hydrogens (tertiary/aromatic N) is 4. The van der Waals surface area contributed by atoms with Crippen LogP contribution in [0.3, 0.4) is 0 Å². The summed E-state index contributed by atoms with van der Waals surface area (Å²) < 4.78 is 8.05. The molecule has 1 aromatic heterocycles. The second-order valence-corrected chi connectivity index (χ2v) is 8.66. The molecule has 5 heteroatoms. The maximum absolute atomic E-state index is 5.62. The maximum Gasteiger partial charge on any atom is 0.227 e. The lowest BCUT2D eigenvalue weighted by Crippen LogP contribution is -2.42. The molecule has 5 nitrogen and oxygen atoms in total. The Balaban J connectivity index is 1.59. The van der Waals surface area contributed by atoms with Crippen molar-refractivity contribution in [3.63, 3.8) is 0 Å². The molecule has 3 aliphatic rings. The molecule has 1 aromatic rings. The van der Waals surface area contributed by atoms with Crippen LogP contribution in [0.5, 0.6) is 0 Å². The van der Waals surface area contributed by atoms with E-state index in [2.05, 4.69) is 40.4 Å². The highest BCUT2D eigenvalue weighted by Gasteiger charge is 2.47. The highest BCUT2D eigenvalue weighted by molar-refractivity contribution is 5.37. The monoisotopic (exact) mass is 332 g/mol. The Morgan fingerprint density at radius 1 is 1.17 bits per heavy atom. The van der Waals surface area contributed by atoms with Crippen LogP contribution in [0.2, 0.25) is 0 Å². The first-order valence-electron chi connectivity index (χ1n) is 9.85. The summed E-state index contributed by atoms with van der Waals surface area (Å²) in [6.45, 7) is 11.0. The molecule has 1 spiro atoms. The minimum absolute atomic E-state index is 0.420. The van der Waals surface area contributed by atoms with Gasteiger partial charge in [-0.3, -0.25) is 4.57 Å². The molecule has 2 saturated heterocycles. The molecule has 0 N–H and O–H groups in total. The van der Waals surface area contributed by atoms with Crippen molar-refractivity contribution in [3.8, 4) is 0 Å². The van der Waals surface area contributed by atoms with Crippen LogP contribution in [-0.4, -0.2) is 40.6 Å². The molecule has 1 atom stereocenters. The molecule has 0 amide bonds. The van der Waals surface area contributed by atoms with E-state index in [0.717, 1.165) is 44.6 Å². The number of hydrogen-bond acceptors (Lipinski definition) is 4. The van der Waals surface area contributed by atoms with Crippen LogP contribution in [0, 0.1) is 17.3 Å². The Labute approximate surface area is 145 Å². The van der Waals surface area contributed by atoms with Gasteiger partial charge >= 0.3 is 0 Å². The van der Waals surface area contributed by atoms with Crippen molar-refractivity contribution in [2.24, 2.45) is 17.3 Å². The van der Waals surface area contributed by atoms with Crippen molar-refractivity contribution in [1.82, 2.24) is 14.8 Å².